The highest BCUT2D eigenvalue weighted by molar-refractivity contribution is 5.82. The zero-order valence-electron chi connectivity index (χ0n) is 15.5. The molecule has 26 heavy (non-hydrogen) atoms. The second-order valence-electron chi connectivity index (χ2n) is 5.61. The molecule has 2 aromatic carbocycles. The second kappa shape index (κ2) is 9.91. The van der Waals surface area contributed by atoms with E-state index in [9.17, 15) is 4.79 Å². The number of benzene rings is 2. The minimum atomic E-state index is -0.221. The SMILES string of the molecule is COCOc1cc(OCOC)c(-c2cccc(C=O)c2)c(C(C)OC)c1. The molecule has 0 aliphatic rings. The molecule has 0 saturated carbocycles. The molecule has 0 amide bonds. The Hall–Kier alpha value is -2.41. The Morgan fingerprint density at radius 2 is 1.73 bits per heavy atom. The number of hydrogen-bond donors (Lipinski definition) is 0. The van der Waals surface area contributed by atoms with Crippen LogP contribution in [0.3, 0.4) is 0 Å². The fourth-order valence-corrected chi connectivity index (χ4v) is 2.58. The van der Waals surface area contributed by atoms with E-state index in [4.69, 9.17) is 23.7 Å². The number of carbonyl (C=O) groups excluding carboxylic acids is 1. The molecule has 0 radical (unpaired) electrons. The first-order valence-corrected chi connectivity index (χ1v) is 8.14. The molecule has 1 unspecified atom stereocenters. The van der Waals surface area contributed by atoms with Crippen molar-refractivity contribution in [3.05, 3.63) is 47.5 Å². The van der Waals surface area contributed by atoms with E-state index in [1.165, 1.54) is 0 Å². The van der Waals surface area contributed by atoms with Crippen LogP contribution in [0.25, 0.3) is 11.1 Å². The average Bonchev–Trinajstić information content (AvgIpc) is 2.69. The molecule has 0 aliphatic heterocycles. The minimum absolute atomic E-state index is 0.0783. The van der Waals surface area contributed by atoms with Crippen molar-refractivity contribution in [2.75, 3.05) is 34.9 Å². The standard InChI is InChI=1S/C20H24O6/c1-14(24-4)18-9-17(25-12-22-2)10-19(26-13-23-3)20(18)16-7-5-6-15(8-16)11-21/h5-11,14H,12-13H2,1-4H3. The number of aldehydes is 1. The summed E-state index contributed by atoms with van der Waals surface area (Å²) in [5.41, 5.74) is 3.12. The molecule has 1 atom stereocenters. The normalized spacial score (nSPS) is 11.8. The summed E-state index contributed by atoms with van der Waals surface area (Å²) >= 11 is 0. The summed E-state index contributed by atoms with van der Waals surface area (Å²) in [6.45, 7) is 2.13. The van der Waals surface area contributed by atoms with Gasteiger partial charge in [0.15, 0.2) is 13.6 Å². The van der Waals surface area contributed by atoms with E-state index in [-0.39, 0.29) is 19.7 Å². The summed E-state index contributed by atoms with van der Waals surface area (Å²) in [4.78, 5) is 11.2. The summed E-state index contributed by atoms with van der Waals surface area (Å²) in [5.74, 6) is 1.16. The lowest BCUT2D eigenvalue weighted by Gasteiger charge is -2.21. The molecular formula is C20H24O6. The number of methoxy groups -OCH3 is 3. The molecule has 2 rings (SSSR count). The summed E-state index contributed by atoms with van der Waals surface area (Å²) in [6, 6.07) is 11.0. The number of hydrogen-bond acceptors (Lipinski definition) is 6. The molecule has 0 aromatic heterocycles. The van der Waals surface area contributed by atoms with Gasteiger partial charge in [0.1, 0.15) is 17.8 Å². The van der Waals surface area contributed by atoms with Crippen LogP contribution in [0.4, 0.5) is 0 Å². The van der Waals surface area contributed by atoms with Crippen LogP contribution in [0, 0.1) is 0 Å². The van der Waals surface area contributed by atoms with Crippen molar-refractivity contribution < 1.29 is 28.5 Å². The first-order chi connectivity index (χ1) is 12.6. The minimum Gasteiger partial charge on any atom is -0.467 e. The summed E-state index contributed by atoms with van der Waals surface area (Å²) in [7, 11) is 4.74. The van der Waals surface area contributed by atoms with Gasteiger partial charge in [-0.25, -0.2) is 0 Å². The van der Waals surface area contributed by atoms with Gasteiger partial charge in [-0.2, -0.15) is 0 Å². The van der Waals surface area contributed by atoms with Crippen molar-refractivity contribution in [1.82, 2.24) is 0 Å². The molecule has 140 valence electrons. The molecule has 6 nitrogen and oxygen atoms in total. The number of rotatable bonds is 10. The molecule has 0 saturated heterocycles. The zero-order valence-corrected chi connectivity index (χ0v) is 15.5. The molecule has 0 fully saturated rings. The van der Waals surface area contributed by atoms with E-state index in [1.807, 2.05) is 31.2 Å². The van der Waals surface area contributed by atoms with Crippen molar-refractivity contribution in [2.45, 2.75) is 13.0 Å². The van der Waals surface area contributed by atoms with Crippen LogP contribution in [-0.4, -0.2) is 41.2 Å². The van der Waals surface area contributed by atoms with E-state index in [0.717, 1.165) is 23.0 Å². The van der Waals surface area contributed by atoms with E-state index in [0.29, 0.717) is 17.1 Å². The quantitative estimate of drug-likeness (QED) is 0.474. The predicted molar refractivity (Wildman–Crippen MR) is 97.7 cm³/mol. The lowest BCUT2D eigenvalue weighted by molar-refractivity contribution is 0.0456. The van der Waals surface area contributed by atoms with Gasteiger partial charge in [-0.3, -0.25) is 4.79 Å². The van der Waals surface area contributed by atoms with Gasteiger partial charge in [0, 0.05) is 38.5 Å². The summed E-state index contributed by atoms with van der Waals surface area (Å²) in [6.07, 6.45) is 0.593. The van der Waals surface area contributed by atoms with Gasteiger partial charge in [-0.05, 0) is 30.2 Å². The van der Waals surface area contributed by atoms with Crippen LogP contribution in [-0.2, 0) is 14.2 Å². The number of ether oxygens (including phenoxy) is 5. The third-order valence-corrected chi connectivity index (χ3v) is 3.88. The Bertz CT molecular complexity index is 728. The van der Waals surface area contributed by atoms with Gasteiger partial charge in [-0.1, -0.05) is 18.2 Å². The van der Waals surface area contributed by atoms with E-state index < -0.39 is 0 Å². The molecule has 0 bridgehead atoms. The second-order valence-corrected chi connectivity index (χ2v) is 5.61. The summed E-state index contributed by atoms with van der Waals surface area (Å²) in [5, 5.41) is 0. The highest BCUT2D eigenvalue weighted by atomic mass is 16.7. The highest BCUT2D eigenvalue weighted by Crippen LogP contribution is 2.41. The molecule has 0 spiro atoms. The lowest BCUT2D eigenvalue weighted by atomic mass is 9.94. The van der Waals surface area contributed by atoms with Gasteiger partial charge in [0.05, 0.1) is 6.10 Å². The van der Waals surface area contributed by atoms with Crippen LogP contribution < -0.4 is 9.47 Å². The van der Waals surface area contributed by atoms with Crippen LogP contribution in [0.15, 0.2) is 36.4 Å². The Balaban J connectivity index is 2.64. The fourth-order valence-electron chi connectivity index (χ4n) is 2.58. The topological polar surface area (TPSA) is 63.2 Å². The Kier molecular flexibility index (Phi) is 7.59. The van der Waals surface area contributed by atoms with Gasteiger partial charge in [0.2, 0.25) is 0 Å². The highest BCUT2D eigenvalue weighted by Gasteiger charge is 2.20. The van der Waals surface area contributed by atoms with Crippen molar-refractivity contribution >= 4 is 6.29 Å². The zero-order chi connectivity index (χ0) is 18.9. The smallest absolute Gasteiger partial charge is 0.188 e. The first-order valence-electron chi connectivity index (χ1n) is 8.14. The molecular weight excluding hydrogens is 336 g/mol. The maximum absolute atomic E-state index is 11.2. The van der Waals surface area contributed by atoms with E-state index in [2.05, 4.69) is 0 Å². The number of carbonyl (C=O) groups is 1. The molecule has 0 heterocycles. The Labute approximate surface area is 153 Å². The molecule has 0 aliphatic carbocycles. The van der Waals surface area contributed by atoms with Crippen molar-refractivity contribution in [3.8, 4) is 22.6 Å². The van der Waals surface area contributed by atoms with Crippen LogP contribution in [0.1, 0.15) is 28.9 Å². The molecule has 6 heteroatoms. The van der Waals surface area contributed by atoms with E-state index in [1.54, 1.807) is 33.5 Å². The van der Waals surface area contributed by atoms with Crippen molar-refractivity contribution in [1.29, 1.82) is 0 Å². The van der Waals surface area contributed by atoms with Gasteiger partial charge in [0.25, 0.3) is 0 Å². The monoisotopic (exact) mass is 360 g/mol. The van der Waals surface area contributed by atoms with Crippen LogP contribution >= 0.6 is 0 Å². The van der Waals surface area contributed by atoms with Gasteiger partial charge in [-0.15, -0.1) is 0 Å². The maximum Gasteiger partial charge on any atom is 0.188 e. The molecule has 2 aromatic rings. The molecule has 0 N–H and O–H groups in total. The van der Waals surface area contributed by atoms with Crippen LogP contribution in [0.5, 0.6) is 11.5 Å². The fraction of sp³-hybridized carbons (Fsp3) is 0.350. The van der Waals surface area contributed by atoms with Gasteiger partial charge >= 0.3 is 0 Å². The Morgan fingerprint density at radius 3 is 2.38 bits per heavy atom. The first kappa shape index (κ1) is 19.9. The van der Waals surface area contributed by atoms with Crippen molar-refractivity contribution in [3.63, 3.8) is 0 Å². The van der Waals surface area contributed by atoms with Crippen molar-refractivity contribution in [2.24, 2.45) is 0 Å². The largest absolute Gasteiger partial charge is 0.467 e. The maximum atomic E-state index is 11.2. The van der Waals surface area contributed by atoms with Crippen LogP contribution in [0.2, 0.25) is 0 Å². The summed E-state index contributed by atoms with van der Waals surface area (Å²) < 4.78 is 26.9. The van der Waals surface area contributed by atoms with Gasteiger partial charge < -0.3 is 23.7 Å². The lowest BCUT2D eigenvalue weighted by Crippen LogP contribution is -2.07. The van der Waals surface area contributed by atoms with E-state index >= 15 is 0 Å². The average molecular weight is 360 g/mol. The third-order valence-electron chi connectivity index (χ3n) is 3.88. The Morgan fingerprint density at radius 1 is 1.00 bits per heavy atom. The third kappa shape index (κ3) is 4.82. The predicted octanol–water partition coefficient (Wildman–Crippen LogP) is 3.84.